The van der Waals surface area contributed by atoms with Crippen LogP contribution in [0.25, 0.3) is 0 Å². The molecule has 2 aromatic carbocycles. The Morgan fingerprint density at radius 3 is 2.23 bits per heavy atom. The van der Waals surface area contributed by atoms with Gasteiger partial charge in [0.05, 0.1) is 11.6 Å². The van der Waals surface area contributed by atoms with Crippen LogP contribution in [0, 0.1) is 0 Å². The number of unbranched alkanes of at least 4 members (excludes halogenated alkanes) is 1. The topological polar surface area (TPSA) is 185 Å². The van der Waals surface area contributed by atoms with E-state index >= 15 is 0 Å². The van der Waals surface area contributed by atoms with Gasteiger partial charge in [-0.15, -0.1) is 0 Å². The number of amides is 2. The maximum atomic E-state index is 12.0. The van der Waals surface area contributed by atoms with Gasteiger partial charge in [-0.2, -0.15) is 0 Å². The number of primary amides is 1. The zero-order valence-electron chi connectivity index (χ0n) is 16.1. The van der Waals surface area contributed by atoms with Crippen LogP contribution < -0.4 is 16.4 Å². The van der Waals surface area contributed by atoms with Crippen molar-refractivity contribution in [2.24, 2.45) is 5.73 Å². The van der Waals surface area contributed by atoms with E-state index < -0.39 is 47.1 Å². The Morgan fingerprint density at radius 1 is 0.933 bits per heavy atom. The minimum atomic E-state index is -1.43. The Morgan fingerprint density at radius 2 is 1.57 bits per heavy atom. The fourth-order valence-electron chi connectivity index (χ4n) is 2.84. The summed E-state index contributed by atoms with van der Waals surface area (Å²) in [5, 5.41) is 53.8. The van der Waals surface area contributed by atoms with Crippen molar-refractivity contribution in [3.05, 3.63) is 47.5 Å². The minimum absolute atomic E-state index is 0.000523. The average Bonchev–Trinajstić information content (AvgIpc) is 2.70. The van der Waals surface area contributed by atoms with E-state index in [0.717, 1.165) is 0 Å². The minimum Gasteiger partial charge on any atom is -0.504 e. The molecular formula is C20H25N3O7. The molecule has 0 aliphatic carbocycles. The van der Waals surface area contributed by atoms with Crippen LogP contribution >= 0.6 is 0 Å². The molecule has 10 nitrogen and oxygen atoms in total. The molecule has 0 bridgehead atoms. The number of hydrogen-bond acceptors (Lipinski definition) is 8. The summed E-state index contributed by atoms with van der Waals surface area (Å²) < 4.78 is 0. The number of aliphatic hydroxyl groups is 1. The highest BCUT2D eigenvalue weighted by atomic mass is 16.3. The third-order valence-corrected chi connectivity index (χ3v) is 4.51. The van der Waals surface area contributed by atoms with E-state index in [2.05, 4.69) is 10.6 Å². The van der Waals surface area contributed by atoms with Gasteiger partial charge in [0.1, 0.15) is 6.23 Å². The van der Waals surface area contributed by atoms with Gasteiger partial charge in [-0.05, 0) is 37.5 Å². The monoisotopic (exact) mass is 419 g/mol. The molecule has 2 unspecified atom stereocenters. The molecular weight excluding hydrogens is 394 g/mol. The molecule has 0 radical (unpaired) electrons. The highest BCUT2D eigenvalue weighted by Crippen LogP contribution is 2.32. The van der Waals surface area contributed by atoms with Gasteiger partial charge in [0, 0.05) is 12.1 Å². The first-order valence-electron chi connectivity index (χ1n) is 9.25. The normalized spacial score (nSPS) is 12.8. The van der Waals surface area contributed by atoms with E-state index in [9.17, 15) is 35.1 Å². The lowest BCUT2D eigenvalue weighted by molar-refractivity contribution is -0.121. The number of hydrogen-bond donors (Lipinski definition) is 8. The zero-order chi connectivity index (χ0) is 22.3. The molecule has 2 amide bonds. The largest absolute Gasteiger partial charge is 0.504 e. The van der Waals surface area contributed by atoms with Crippen LogP contribution in [-0.2, 0) is 4.79 Å². The van der Waals surface area contributed by atoms with Gasteiger partial charge in [0.15, 0.2) is 23.0 Å². The standard InChI is InChI=1S/C20H25N3O7/c21-18(28)13(23-20(30)12-6-4-9-15(25)17(12)27)7-1-2-10-22-19(29)11-5-3-8-14(24)16(11)26/h3-6,8-9,13,20,23-27,30H,1-2,7,10H2,(H2,21,28)(H,22,29). The van der Waals surface area contributed by atoms with Crippen molar-refractivity contribution in [1.29, 1.82) is 0 Å². The fraction of sp³-hybridized carbons (Fsp3) is 0.300. The second-order valence-electron chi connectivity index (χ2n) is 6.66. The van der Waals surface area contributed by atoms with Crippen molar-refractivity contribution in [2.45, 2.75) is 31.5 Å². The molecule has 9 N–H and O–H groups in total. The van der Waals surface area contributed by atoms with Crippen molar-refractivity contribution in [1.82, 2.24) is 10.6 Å². The highest BCUT2D eigenvalue weighted by Gasteiger charge is 2.22. The Labute approximate surface area is 172 Å². The van der Waals surface area contributed by atoms with Crippen LogP contribution in [0.1, 0.15) is 41.4 Å². The lowest BCUT2D eigenvalue weighted by Gasteiger charge is -2.21. The summed E-state index contributed by atoms with van der Waals surface area (Å²) in [4.78, 5) is 23.7. The van der Waals surface area contributed by atoms with Gasteiger partial charge in [-0.25, -0.2) is 0 Å². The number of rotatable bonds is 10. The number of carbonyl (C=O) groups is 2. The van der Waals surface area contributed by atoms with E-state index in [4.69, 9.17) is 5.73 Å². The van der Waals surface area contributed by atoms with Crippen LogP contribution in [0.2, 0.25) is 0 Å². The number of carbonyl (C=O) groups excluding carboxylic acids is 2. The third-order valence-electron chi connectivity index (χ3n) is 4.51. The Bertz CT molecular complexity index is 904. The number of nitrogens with one attached hydrogen (secondary N) is 2. The molecule has 0 aliphatic rings. The van der Waals surface area contributed by atoms with Crippen molar-refractivity contribution in [3.8, 4) is 23.0 Å². The average molecular weight is 419 g/mol. The molecule has 2 aromatic rings. The second-order valence-corrected chi connectivity index (χ2v) is 6.66. The van der Waals surface area contributed by atoms with Gasteiger partial charge in [-0.3, -0.25) is 14.9 Å². The van der Waals surface area contributed by atoms with E-state index in [1.807, 2.05) is 0 Å². The maximum absolute atomic E-state index is 12.0. The predicted octanol–water partition coefficient (Wildman–Crippen LogP) is 0.544. The smallest absolute Gasteiger partial charge is 0.255 e. The highest BCUT2D eigenvalue weighted by molar-refractivity contribution is 5.97. The molecule has 10 heteroatoms. The predicted molar refractivity (Wildman–Crippen MR) is 107 cm³/mol. The molecule has 2 rings (SSSR count). The fourth-order valence-corrected chi connectivity index (χ4v) is 2.84. The summed E-state index contributed by atoms with van der Waals surface area (Å²) in [5.41, 5.74) is 5.30. The van der Waals surface area contributed by atoms with Crippen LogP contribution in [0.4, 0.5) is 0 Å². The van der Waals surface area contributed by atoms with Crippen LogP contribution in [-0.4, -0.2) is 49.9 Å². The molecule has 2 atom stereocenters. The molecule has 0 heterocycles. The van der Waals surface area contributed by atoms with E-state index in [0.29, 0.717) is 12.8 Å². The molecule has 0 saturated heterocycles. The summed E-state index contributed by atoms with van der Waals surface area (Å²) in [6.07, 6.45) is -0.238. The first-order valence-corrected chi connectivity index (χ1v) is 9.25. The van der Waals surface area contributed by atoms with Gasteiger partial charge >= 0.3 is 0 Å². The van der Waals surface area contributed by atoms with E-state index in [1.54, 1.807) is 0 Å². The van der Waals surface area contributed by atoms with Crippen molar-refractivity contribution < 1.29 is 35.1 Å². The molecule has 0 spiro atoms. The number of phenolic OH excluding ortho intramolecular Hbond substituents is 4. The van der Waals surface area contributed by atoms with Crippen LogP contribution in [0.5, 0.6) is 23.0 Å². The van der Waals surface area contributed by atoms with Crippen molar-refractivity contribution in [3.63, 3.8) is 0 Å². The number of para-hydroxylation sites is 2. The Balaban J connectivity index is 1.82. The van der Waals surface area contributed by atoms with Gasteiger partial charge in [0.2, 0.25) is 5.91 Å². The summed E-state index contributed by atoms with van der Waals surface area (Å²) >= 11 is 0. The Hall–Kier alpha value is -3.50. The first kappa shape index (κ1) is 22.8. The summed E-state index contributed by atoms with van der Waals surface area (Å²) in [7, 11) is 0. The maximum Gasteiger partial charge on any atom is 0.255 e. The summed E-state index contributed by atoms with van der Waals surface area (Å²) in [6, 6.07) is 7.22. The lowest BCUT2D eigenvalue weighted by atomic mass is 10.1. The molecule has 162 valence electrons. The van der Waals surface area contributed by atoms with Crippen LogP contribution in [0.3, 0.4) is 0 Å². The van der Waals surface area contributed by atoms with Crippen molar-refractivity contribution in [2.75, 3.05) is 6.54 Å². The first-order chi connectivity index (χ1) is 14.2. The number of phenols is 4. The summed E-state index contributed by atoms with van der Waals surface area (Å²) in [6.45, 7) is 0.245. The third kappa shape index (κ3) is 5.75. The Kier molecular flexibility index (Phi) is 7.84. The number of aromatic hydroxyl groups is 4. The quantitative estimate of drug-likeness (QED) is 0.156. The van der Waals surface area contributed by atoms with E-state index in [1.165, 1.54) is 36.4 Å². The number of nitrogens with two attached hydrogens (primary N) is 1. The lowest BCUT2D eigenvalue weighted by Crippen LogP contribution is -2.43. The number of benzene rings is 2. The molecule has 0 aliphatic heterocycles. The summed E-state index contributed by atoms with van der Waals surface area (Å²) in [5.74, 6) is -3.06. The zero-order valence-corrected chi connectivity index (χ0v) is 16.1. The van der Waals surface area contributed by atoms with Gasteiger partial charge in [-0.1, -0.05) is 18.2 Å². The molecule has 0 saturated carbocycles. The van der Waals surface area contributed by atoms with Gasteiger partial charge in [0.25, 0.3) is 5.91 Å². The second kappa shape index (κ2) is 10.3. The number of aliphatic hydroxyl groups excluding tert-OH is 1. The van der Waals surface area contributed by atoms with E-state index in [-0.39, 0.29) is 24.1 Å². The van der Waals surface area contributed by atoms with Crippen LogP contribution in [0.15, 0.2) is 36.4 Å². The molecule has 0 aromatic heterocycles. The van der Waals surface area contributed by atoms with Gasteiger partial charge < -0.3 is 36.6 Å². The molecule has 0 fully saturated rings. The molecule has 30 heavy (non-hydrogen) atoms. The van der Waals surface area contributed by atoms with Crippen molar-refractivity contribution >= 4 is 11.8 Å². The SMILES string of the molecule is NC(=O)C(CCCCNC(=O)c1cccc(O)c1O)NC(O)c1cccc(O)c1O.